The smallest absolute Gasteiger partial charge is 0.150 e. The molecule has 0 aliphatic carbocycles. The zero-order valence-corrected chi connectivity index (χ0v) is 10.2. The molecule has 0 saturated heterocycles. The van der Waals surface area contributed by atoms with Crippen molar-refractivity contribution < 1.29 is 9.18 Å². The normalized spacial score (nSPS) is 10.8. The second-order valence-corrected chi connectivity index (χ2v) is 4.47. The molecule has 2 aromatic carbocycles. The number of fused-ring (bicyclic) bond motifs is 1. The number of aromatic nitrogens is 1. The predicted molar refractivity (Wildman–Crippen MR) is 72.8 cm³/mol. The third kappa shape index (κ3) is 2.15. The SMILES string of the molecule is O=Cc1cccc2c1ccn2Cc1ccc(F)cc1. The molecule has 0 fully saturated rings. The zero-order chi connectivity index (χ0) is 13.2. The number of carbonyl (C=O) groups is 1. The van der Waals surface area contributed by atoms with Crippen LogP contribution in [0, 0.1) is 5.82 Å². The molecule has 0 saturated carbocycles. The molecule has 0 spiro atoms. The largest absolute Gasteiger partial charge is 0.343 e. The van der Waals surface area contributed by atoms with Gasteiger partial charge in [-0.1, -0.05) is 24.3 Å². The van der Waals surface area contributed by atoms with Gasteiger partial charge in [0, 0.05) is 29.2 Å². The van der Waals surface area contributed by atoms with Crippen LogP contribution in [0.1, 0.15) is 15.9 Å². The van der Waals surface area contributed by atoms with E-state index < -0.39 is 0 Å². The van der Waals surface area contributed by atoms with Gasteiger partial charge in [0.2, 0.25) is 0 Å². The Morgan fingerprint density at radius 3 is 2.58 bits per heavy atom. The summed E-state index contributed by atoms with van der Waals surface area (Å²) >= 11 is 0. The van der Waals surface area contributed by atoms with Crippen molar-refractivity contribution in [3.8, 4) is 0 Å². The second kappa shape index (κ2) is 4.69. The topological polar surface area (TPSA) is 22.0 Å². The maximum atomic E-state index is 12.9. The van der Waals surface area contributed by atoms with Crippen LogP contribution in [0.3, 0.4) is 0 Å². The van der Waals surface area contributed by atoms with Gasteiger partial charge in [-0.15, -0.1) is 0 Å². The fraction of sp³-hybridized carbons (Fsp3) is 0.0625. The van der Waals surface area contributed by atoms with Gasteiger partial charge in [-0.3, -0.25) is 4.79 Å². The van der Waals surface area contributed by atoms with Crippen molar-refractivity contribution in [3.63, 3.8) is 0 Å². The molecule has 0 aliphatic rings. The quantitative estimate of drug-likeness (QED) is 0.653. The van der Waals surface area contributed by atoms with E-state index >= 15 is 0 Å². The van der Waals surface area contributed by atoms with Crippen LogP contribution in [0.25, 0.3) is 10.9 Å². The molecule has 3 rings (SSSR count). The van der Waals surface area contributed by atoms with Gasteiger partial charge in [-0.25, -0.2) is 4.39 Å². The maximum absolute atomic E-state index is 12.9. The lowest BCUT2D eigenvalue weighted by atomic mass is 10.1. The average molecular weight is 253 g/mol. The number of benzene rings is 2. The molecule has 2 nitrogen and oxygen atoms in total. The van der Waals surface area contributed by atoms with Gasteiger partial charge in [-0.2, -0.15) is 0 Å². The Morgan fingerprint density at radius 2 is 1.84 bits per heavy atom. The Balaban J connectivity index is 2.02. The van der Waals surface area contributed by atoms with Gasteiger partial charge >= 0.3 is 0 Å². The molecule has 1 heterocycles. The summed E-state index contributed by atoms with van der Waals surface area (Å²) in [5.41, 5.74) is 2.72. The molecule has 3 aromatic rings. The summed E-state index contributed by atoms with van der Waals surface area (Å²) in [7, 11) is 0. The highest BCUT2D eigenvalue weighted by molar-refractivity contribution is 5.97. The lowest BCUT2D eigenvalue weighted by Gasteiger charge is -2.06. The highest BCUT2D eigenvalue weighted by Gasteiger charge is 2.05. The van der Waals surface area contributed by atoms with Gasteiger partial charge in [0.15, 0.2) is 6.29 Å². The Morgan fingerprint density at radius 1 is 1.05 bits per heavy atom. The molecule has 94 valence electrons. The first kappa shape index (κ1) is 11.7. The summed E-state index contributed by atoms with van der Waals surface area (Å²) in [6.45, 7) is 0.659. The first-order chi connectivity index (χ1) is 9.28. The fourth-order valence-corrected chi connectivity index (χ4v) is 2.27. The summed E-state index contributed by atoms with van der Waals surface area (Å²) in [6.07, 6.45) is 2.81. The van der Waals surface area contributed by atoms with E-state index in [0.717, 1.165) is 22.8 Å². The summed E-state index contributed by atoms with van der Waals surface area (Å²) in [4.78, 5) is 11.0. The Labute approximate surface area is 110 Å². The van der Waals surface area contributed by atoms with Crippen LogP contribution in [0.5, 0.6) is 0 Å². The minimum absolute atomic E-state index is 0.232. The minimum Gasteiger partial charge on any atom is -0.343 e. The lowest BCUT2D eigenvalue weighted by molar-refractivity contribution is 0.112. The van der Waals surface area contributed by atoms with Crippen molar-refractivity contribution in [1.82, 2.24) is 4.57 Å². The van der Waals surface area contributed by atoms with E-state index in [9.17, 15) is 9.18 Å². The first-order valence-corrected chi connectivity index (χ1v) is 6.05. The van der Waals surface area contributed by atoms with E-state index in [1.165, 1.54) is 12.1 Å². The average Bonchev–Trinajstić information content (AvgIpc) is 2.84. The first-order valence-electron chi connectivity index (χ1n) is 6.05. The molecule has 0 N–H and O–H groups in total. The van der Waals surface area contributed by atoms with Crippen molar-refractivity contribution in [1.29, 1.82) is 0 Å². The predicted octanol–water partition coefficient (Wildman–Crippen LogP) is 3.64. The highest BCUT2D eigenvalue weighted by Crippen LogP contribution is 2.20. The van der Waals surface area contributed by atoms with Gasteiger partial charge in [0.25, 0.3) is 0 Å². The molecule has 0 atom stereocenters. The summed E-state index contributed by atoms with van der Waals surface area (Å²) < 4.78 is 14.9. The van der Waals surface area contributed by atoms with Gasteiger partial charge in [-0.05, 0) is 29.8 Å². The van der Waals surface area contributed by atoms with Crippen LogP contribution in [0.2, 0.25) is 0 Å². The Hall–Kier alpha value is -2.42. The van der Waals surface area contributed by atoms with Crippen molar-refractivity contribution >= 4 is 17.2 Å². The highest BCUT2D eigenvalue weighted by atomic mass is 19.1. The summed E-state index contributed by atoms with van der Waals surface area (Å²) in [6, 6.07) is 14.0. The van der Waals surface area contributed by atoms with Crippen molar-refractivity contribution in [2.24, 2.45) is 0 Å². The van der Waals surface area contributed by atoms with Crippen LogP contribution in [0.4, 0.5) is 4.39 Å². The van der Waals surface area contributed by atoms with E-state index in [-0.39, 0.29) is 5.82 Å². The molecular formula is C16H12FNO. The molecule has 0 amide bonds. The fourth-order valence-electron chi connectivity index (χ4n) is 2.27. The standard InChI is InChI=1S/C16H12FNO/c17-14-6-4-12(5-7-14)10-18-9-8-15-13(11-19)2-1-3-16(15)18/h1-9,11H,10H2. The van der Waals surface area contributed by atoms with Crippen LogP contribution < -0.4 is 0 Å². The summed E-state index contributed by atoms with van der Waals surface area (Å²) in [5.74, 6) is -0.232. The van der Waals surface area contributed by atoms with E-state index in [2.05, 4.69) is 4.57 Å². The third-order valence-corrected chi connectivity index (χ3v) is 3.24. The number of carbonyl (C=O) groups excluding carboxylic acids is 1. The second-order valence-electron chi connectivity index (χ2n) is 4.47. The van der Waals surface area contributed by atoms with E-state index in [1.807, 2.05) is 24.4 Å². The van der Waals surface area contributed by atoms with Crippen LogP contribution in [-0.4, -0.2) is 10.9 Å². The van der Waals surface area contributed by atoms with Crippen molar-refractivity contribution in [3.05, 3.63) is 71.7 Å². The zero-order valence-electron chi connectivity index (χ0n) is 10.2. The Kier molecular flexibility index (Phi) is 2.88. The number of rotatable bonds is 3. The number of hydrogen-bond acceptors (Lipinski definition) is 1. The Bertz CT molecular complexity index is 728. The molecule has 1 aromatic heterocycles. The molecule has 0 unspecified atom stereocenters. The van der Waals surface area contributed by atoms with Crippen LogP contribution >= 0.6 is 0 Å². The van der Waals surface area contributed by atoms with Crippen molar-refractivity contribution in [2.45, 2.75) is 6.54 Å². The van der Waals surface area contributed by atoms with E-state index in [1.54, 1.807) is 18.2 Å². The molecule has 0 aliphatic heterocycles. The molecule has 0 radical (unpaired) electrons. The lowest BCUT2D eigenvalue weighted by Crippen LogP contribution is -1.98. The molecule has 19 heavy (non-hydrogen) atoms. The number of halogens is 1. The number of nitrogens with zero attached hydrogens (tertiary/aromatic N) is 1. The van der Waals surface area contributed by atoms with Crippen molar-refractivity contribution in [2.75, 3.05) is 0 Å². The van der Waals surface area contributed by atoms with Crippen LogP contribution in [-0.2, 0) is 6.54 Å². The minimum atomic E-state index is -0.232. The monoisotopic (exact) mass is 253 g/mol. The van der Waals surface area contributed by atoms with Gasteiger partial charge in [0.05, 0.1) is 0 Å². The van der Waals surface area contributed by atoms with Gasteiger partial charge in [0.1, 0.15) is 5.82 Å². The molecule has 3 heteroatoms. The van der Waals surface area contributed by atoms with Crippen LogP contribution in [0.15, 0.2) is 54.7 Å². The molecule has 0 bridgehead atoms. The van der Waals surface area contributed by atoms with Gasteiger partial charge < -0.3 is 4.57 Å². The third-order valence-electron chi connectivity index (χ3n) is 3.24. The van der Waals surface area contributed by atoms with E-state index in [4.69, 9.17) is 0 Å². The molecular weight excluding hydrogens is 241 g/mol. The number of aldehydes is 1. The van der Waals surface area contributed by atoms with E-state index in [0.29, 0.717) is 12.1 Å². The summed E-state index contributed by atoms with van der Waals surface area (Å²) in [5, 5.41) is 0.944. The maximum Gasteiger partial charge on any atom is 0.150 e. The number of hydrogen-bond donors (Lipinski definition) is 0.